The van der Waals surface area contributed by atoms with Crippen molar-refractivity contribution in [3.8, 4) is 11.4 Å². The molecule has 0 unspecified atom stereocenters. The number of aromatic nitrogens is 2. The maximum atomic E-state index is 13.1. The summed E-state index contributed by atoms with van der Waals surface area (Å²) in [6.07, 6.45) is 2.35. The lowest BCUT2D eigenvalue weighted by molar-refractivity contribution is 0.0637. The Morgan fingerprint density at radius 3 is 2.33 bits per heavy atom. The predicted octanol–water partition coefficient (Wildman–Crippen LogP) is 2.52. The standard InChI is InChI=1S/C21H27N5O/c1-2-24-12-14-26(15-13-24)21(27)18-16-19(25-10-6-7-11-25)23-20(22-18)17-8-4-3-5-9-17/h3-5,8-9,16H,2,6-7,10-15H2,1H3. The van der Waals surface area contributed by atoms with Crippen molar-refractivity contribution in [2.45, 2.75) is 19.8 Å². The summed E-state index contributed by atoms with van der Waals surface area (Å²) in [6, 6.07) is 11.8. The number of nitrogens with zero attached hydrogens (tertiary/aromatic N) is 5. The third kappa shape index (κ3) is 3.95. The second kappa shape index (κ2) is 8.05. The van der Waals surface area contributed by atoms with Gasteiger partial charge in [0.05, 0.1) is 0 Å². The van der Waals surface area contributed by atoms with Crippen LogP contribution in [0.25, 0.3) is 11.4 Å². The van der Waals surface area contributed by atoms with Crippen LogP contribution >= 0.6 is 0 Å². The first kappa shape index (κ1) is 17.9. The summed E-state index contributed by atoms with van der Waals surface area (Å²) in [6.45, 7) is 8.56. The van der Waals surface area contributed by atoms with E-state index in [1.54, 1.807) is 0 Å². The molecule has 1 aromatic carbocycles. The Morgan fingerprint density at radius 1 is 0.963 bits per heavy atom. The molecule has 142 valence electrons. The van der Waals surface area contributed by atoms with E-state index in [1.807, 2.05) is 41.3 Å². The topological polar surface area (TPSA) is 52.6 Å². The summed E-state index contributed by atoms with van der Waals surface area (Å²) >= 11 is 0. The number of benzene rings is 1. The van der Waals surface area contributed by atoms with Crippen LogP contribution in [0.4, 0.5) is 5.82 Å². The number of hydrogen-bond acceptors (Lipinski definition) is 5. The van der Waals surface area contributed by atoms with E-state index in [4.69, 9.17) is 4.98 Å². The van der Waals surface area contributed by atoms with Crippen LogP contribution < -0.4 is 4.90 Å². The molecule has 1 amide bonds. The first-order chi connectivity index (χ1) is 13.2. The summed E-state index contributed by atoms with van der Waals surface area (Å²) < 4.78 is 0. The molecule has 0 N–H and O–H groups in total. The Kier molecular flexibility index (Phi) is 5.34. The summed E-state index contributed by atoms with van der Waals surface area (Å²) in [5.74, 6) is 1.53. The third-order valence-corrected chi connectivity index (χ3v) is 5.50. The molecule has 0 saturated carbocycles. The second-order valence-electron chi connectivity index (χ2n) is 7.22. The van der Waals surface area contributed by atoms with Gasteiger partial charge in [-0.15, -0.1) is 0 Å². The van der Waals surface area contributed by atoms with Crippen molar-refractivity contribution >= 4 is 11.7 Å². The molecule has 2 fully saturated rings. The molecule has 2 saturated heterocycles. The number of carbonyl (C=O) groups excluding carboxylic acids is 1. The Labute approximate surface area is 160 Å². The largest absolute Gasteiger partial charge is 0.356 e. The molecule has 4 rings (SSSR count). The Morgan fingerprint density at radius 2 is 1.67 bits per heavy atom. The van der Waals surface area contributed by atoms with Gasteiger partial charge in [0.1, 0.15) is 11.5 Å². The number of anilines is 1. The molecule has 2 aliphatic heterocycles. The Bertz CT molecular complexity index is 780. The molecule has 6 heteroatoms. The number of amides is 1. The first-order valence-electron chi connectivity index (χ1n) is 9.95. The molecule has 0 radical (unpaired) electrons. The van der Waals surface area contributed by atoms with Gasteiger partial charge in [-0.25, -0.2) is 9.97 Å². The van der Waals surface area contributed by atoms with E-state index in [-0.39, 0.29) is 5.91 Å². The lowest BCUT2D eigenvalue weighted by Gasteiger charge is -2.34. The monoisotopic (exact) mass is 365 g/mol. The van der Waals surface area contributed by atoms with Crippen LogP contribution in [0.3, 0.4) is 0 Å². The van der Waals surface area contributed by atoms with Gasteiger partial charge >= 0.3 is 0 Å². The minimum atomic E-state index is 0.0192. The van der Waals surface area contributed by atoms with Crippen LogP contribution in [0.15, 0.2) is 36.4 Å². The quantitative estimate of drug-likeness (QED) is 0.833. The average Bonchev–Trinajstić information content (AvgIpc) is 3.29. The third-order valence-electron chi connectivity index (χ3n) is 5.50. The van der Waals surface area contributed by atoms with E-state index in [0.29, 0.717) is 11.5 Å². The number of likely N-dealkylation sites (N-methyl/N-ethyl adjacent to an activating group) is 1. The molecule has 3 heterocycles. The fourth-order valence-corrected chi connectivity index (χ4v) is 3.80. The van der Waals surface area contributed by atoms with Gasteiger partial charge in [-0.1, -0.05) is 37.3 Å². The number of hydrogen-bond donors (Lipinski definition) is 0. The van der Waals surface area contributed by atoms with Gasteiger partial charge in [-0.2, -0.15) is 0 Å². The van der Waals surface area contributed by atoms with Crippen molar-refractivity contribution in [2.24, 2.45) is 0 Å². The van der Waals surface area contributed by atoms with Crippen LogP contribution in [0.5, 0.6) is 0 Å². The summed E-state index contributed by atoms with van der Waals surface area (Å²) in [5.41, 5.74) is 1.46. The highest BCUT2D eigenvalue weighted by molar-refractivity contribution is 5.93. The van der Waals surface area contributed by atoms with E-state index in [2.05, 4.69) is 21.7 Å². The molecule has 27 heavy (non-hydrogen) atoms. The molecule has 0 atom stereocenters. The van der Waals surface area contributed by atoms with Crippen LogP contribution in [0, 0.1) is 0 Å². The van der Waals surface area contributed by atoms with Gasteiger partial charge in [0, 0.05) is 50.9 Å². The van der Waals surface area contributed by atoms with Crippen molar-refractivity contribution in [3.05, 3.63) is 42.1 Å². The molecular formula is C21H27N5O. The van der Waals surface area contributed by atoms with E-state index >= 15 is 0 Å². The van der Waals surface area contributed by atoms with E-state index in [1.165, 1.54) is 12.8 Å². The van der Waals surface area contributed by atoms with Gasteiger partial charge in [-0.3, -0.25) is 4.79 Å². The zero-order valence-corrected chi connectivity index (χ0v) is 16.0. The SMILES string of the molecule is CCN1CCN(C(=O)c2cc(N3CCCC3)nc(-c3ccccc3)n2)CC1. The van der Waals surface area contributed by atoms with Crippen molar-refractivity contribution in [1.82, 2.24) is 19.8 Å². The zero-order valence-electron chi connectivity index (χ0n) is 16.0. The maximum absolute atomic E-state index is 13.1. The Hall–Kier alpha value is -2.47. The lowest BCUT2D eigenvalue weighted by Crippen LogP contribution is -2.48. The lowest BCUT2D eigenvalue weighted by atomic mass is 10.2. The molecule has 6 nitrogen and oxygen atoms in total. The van der Waals surface area contributed by atoms with Crippen molar-refractivity contribution < 1.29 is 4.79 Å². The zero-order chi connectivity index (χ0) is 18.6. The van der Waals surface area contributed by atoms with E-state index in [9.17, 15) is 4.79 Å². The number of rotatable bonds is 4. The van der Waals surface area contributed by atoms with Crippen LogP contribution in [-0.2, 0) is 0 Å². The van der Waals surface area contributed by atoms with Gasteiger partial charge in [-0.05, 0) is 19.4 Å². The normalized spacial score (nSPS) is 18.1. The van der Waals surface area contributed by atoms with Gasteiger partial charge < -0.3 is 14.7 Å². The van der Waals surface area contributed by atoms with Crippen molar-refractivity contribution in [3.63, 3.8) is 0 Å². The van der Waals surface area contributed by atoms with E-state index in [0.717, 1.165) is 57.2 Å². The summed E-state index contributed by atoms with van der Waals surface area (Å²) in [4.78, 5) is 29.1. The van der Waals surface area contributed by atoms with Gasteiger partial charge in [0.15, 0.2) is 5.82 Å². The highest BCUT2D eigenvalue weighted by atomic mass is 16.2. The molecule has 0 bridgehead atoms. The van der Waals surface area contributed by atoms with Crippen LogP contribution in [0.1, 0.15) is 30.3 Å². The van der Waals surface area contributed by atoms with Crippen LogP contribution in [-0.4, -0.2) is 71.5 Å². The number of piperazine rings is 1. The van der Waals surface area contributed by atoms with Crippen LogP contribution in [0.2, 0.25) is 0 Å². The van der Waals surface area contributed by atoms with Crippen molar-refractivity contribution in [1.29, 1.82) is 0 Å². The van der Waals surface area contributed by atoms with Crippen molar-refractivity contribution in [2.75, 3.05) is 50.7 Å². The molecule has 2 aromatic rings. The fraction of sp³-hybridized carbons (Fsp3) is 0.476. The minimum absolute atomic E-state index is 0.0192. The first-order valence-corrected chi connectivity index (χ1v) is 9.95. The van der Waals surface area contributed by atoms with Gasteiger partial charge in [0.2, 0.25) is 0 Å². The predicted molar refractivity (Wildman–Crippen MR) is 107 cm³/mol. The molecular weight excluding hydrogens is 338 g/mol. The molecule has 0 spiro atoms. The Balaban J connectivity index is 1.64. The fourth-order valence-electron chi connectivity index (χ4n) is 3.80. The summed E-state index contributed by atoms with van der Waals surface area (Å²) in [7, 11) is 0. The van der Waals surface area contributed by atoms with E-state index < -0.39 is 0 Å². The molecule has 2 aliphatic rings. The molecule has 0 aliphatic carbocycles. The maximum Gasteiger partial charge on any atom is 0.272 e. The number of carbonyl (C=O) groups is 1. The molecule has 1 aromatic heterocycles. The average molecular weight is 365 g/mol. The second-order valence-corrected chi connectivity index (χ2v) is 7.22. The highest BCUT2D eigenvalue weighted by Crippen LogP contribution is 2.24. The van der Waals surface area contributed by atoms with Gasteiger partial charge in [0.25, 0.3) is 5.91 Å². The highest BCUT2D eigenvalue weighted by Gasteiger charge is 2.25. The summed E-state index contributed by atoms with van der Waals surface area (Å²) in [5, 5.41) is 0. The smallest absolute Gasteiger partial charge is 0.272 e. The minimum Gasteiger partial charge on any atom is -0.356 e.